The molecule has 0 spiro atoms. The van der Waals surface area contributed by atoms with Crippen LogP contribution in [0.3, 0.4) is 0 Å². The Bertz CT molecular complexity index is 531. The molecule has 1 saturated heterocycles. The largest absolute Gasteiger partial charge is 0.444 e. The Morgan fingerprint density at radius 2 is 1.91 bits per heavy atom. The summed E-state index contributed by atoms with van der Waals surface area (Å²) in [5, 5.41) is 0.698. The molecule has 4 nitrogen and oxygen atoms in total. The highest BCUT2D eigenvalue weighted by Gasteiger charge is 2.38. The summed E-state index contributed by atoms with van der Waals surface area (Å²) in [5.74, 6) is 0. The van der Waals surface area contributed by atoms with Crippen LogP contribution in [0, 0.1) is 0 Å². The van der Waals surface area contributed by atoms with E-state index in [0.717, 1.165) is 18.4 Å². The van der Waals surface area contributed by atoms with Crippen LogP contribution >= 0.6 is 11.6 Å². The molecule has 122 valence electrons. The first-order chi connectivity index (χ1) is 10.3. The molecule has 1 amide bonds. The number of carbonyl (C=O) groups excluding carboxylic acids is 1. The van der Waals surface area contributed by atoms with Crippen molar-refractivity contribution in [3.8, 4) is 0 Å². The van der Waals surface area contributed by atoms with Gasteiger partial charge in [0.15, 0.2) is 0 Å². The number of hydrogen-bond acceptors (Lipinski definition) is 3. The smallest absolute Gasteiger partial charge is 0.410 e. The Morgan fingerprint density at radius 1 is 1.27 bits per heavy atom. The molecule has 0 unspecified atom stereocenters. The fourth-order valence-corrected chi connectivity index (χ4v) is 2.95. The molecule has 2 rings (SSSR count). The van der Waals surface area contributed by atoms with Crippen molar-refractivity contribution in [3.63, 3.8) is 0 Å². The highest BCUT2D eigenvalue weighted by atomic mass is 35.5. The van der Waals surface area contributed by atoms with E-state index in [1.165, 1.54) is 0 Å². The SMILES string of the molecule is COC1(c2cccc(Cl)c2)CCN(C(=O)OC(C)(C)C)CC1. The maximum atomic E-state index is 12.1. The van der Waals surface area contributed by atoms with Gasteiger partial charge in [-0.1, -0.05) is 23.7 Å². The van der Waals surface area contributed by atoms with E-state index in [2.05, 4.69) is 0 Å². The fourth-order valence-electron chi connectivity index (χ4n) is 2.76. The molecule has 0 saturated carbocycles. The summed E-state index contributed by atoms with van der Waals surface area (Å²) in [5.41, 5.74) is 0.204. The molecule has 1 aromatic rings. The van der Waals surface area contributed by atoms with Gasteiger partial charge in [0.1, 0.15) is 5.60 Å². The monoisotopic (exact) mass is 325 g/mol. The topological polar surface area (TPSA) is 38.8 Å². The Kier molecular flexibility index (Phi) is 5.03. The minimum atomic E-state index is -0.472. The Hall–Kier alpha value is -1.26. The zero-order valence-electron chi connectivity index (χ0n) is 13.7. The Morgan fingerprint density at radius 3 is 2.41 bits per heavy atom. The predicted molar refractivity (Wildman–Crippen MR) is 87.2 cm³/mol. The third-order valence-corrected chi connectivity index (χ3v) is 4.20. The minimum Gasteiger partial charge on any atom is -0.444 e. The second-order valence-corrected chi connectivity index (χ2v) is 7.11. The third kappa shape index (κ3) is 3.93. The Labute approximate surface area is 137 Å². The van der Waals surface area contributed by atoms with E-state index < -0.39 is 5.60 Å². The van der Waals surface area contributed by atoms with Crippen molar-refractivity contribution in [2.75, 3.05) is 20.2 Å². The zero-order valence-corrected chi connectivity index (χ0v) is 14.4. The van der Waals surface area contributed by atoms with Crippen molar-refractivity contribution < 1.29 is 14.3 Å². The van der Waals surface area contributed by atoms with Gasteiger partial charge in [0, 0.05) is 25.2 Å². The molecule has 1 aliphatic heterocycles. The van der Waals surface area contributed by atoms with Crippen molar-refractivity contribution in [2.24, 2.45) is 0 Å². The summed E-state index contributed by atoms with van der Waals surface area (Å²) in [7, 11) is 1.71. The van der Waals surface area contributed by atoms with Crippen LogP contribution in [0.2, 0.25) is 5.02 Å². The number of hydrogen-bond donors (Lipinski definition) is 0. The van der Waals surface area contributed by atoms with E-state index in [0.29, 0.717) is 18.1 Å². The van der Waals surface area contributed by atoms with Gasteiger partial charge < -0.3 is 14.4 Å². The predicted octanol–water partition coefficient (Wildman–Crippen LogP) is 4.21. The molecular weight excluding hydrogens is 302 g/mol. The number of benzene rings is 1. The molecule has 0 atom stereocenters. The van der Waals surface area contributed by atoms with Crippen molar-refractivity contribution in [2.45, 2.75) is 44.8 Å². The number of methoxy groups -OCH3 is 1. The summed E-state index contributed by atoms with van der Waals surface area (Å²) >= 11 is 6.09. The molecule has 0 aromatic heterocycles. The lowest BCUT2D eigenvalue weighted by Crippen LogP contribution is -2.47. The van der Waals surface area contributed by atoms with Crippen LogP contribution in [-0.4, -0.2) is 36.8 Å². The number of piperidine rings is 1. The number of ether oxygens (including phenoxy) is 2. The van der Waals surface area contributed by atoms with E-state index in [1.807, 2.05) is 45.0 Å². The van der Waals surface area contributed by atoms with E-state index in [4.69, 9.17) is 21.1 Å². The fraction of sp³-hybridized carbons (Fsp3) is 0.588. The summed E-state index contributed by atoms with van der Waals surface area (Å²) in [6, 6.07) is 7.75. The van der Waals surface area contributed by atoms with Crippen LogP contribution in [-0.2, 0) is 15.1 Å². The summed E-state index contributed by atoms with van der Waals surface area (Å²) in [6.45, 7) is 6.84. The normalized spacial score (nSPS) is 18.1. The summed E-state index contributed by atoms with van der Waals surface area (Å²) in [4.78, 5) is 13.9. The molecule has 1 aromatic carbocycles. The highest BCUT2D eigenvalue weighted by Crippen LogP contribution is 2.37. The van der Waals surface area contributed by atoms with Gasteiger partial charge in [0.25, 0.3) is 0 Å². The average Bonchev–Trinajstić information content (AvgIpc) is 2.45. The molecule has 1 heterocycles. The lowest BCUT2D eigenvalue weighted by Gasteiger charge is -2.41. The number of amides is 1. The standard InChI is InChI=1S/C17H24ClNO3/c1-16(2,3)22-15(20)19-10-8-17(21-4,9-11-19)13-6-5-7-14(18)12-13/h5-7,12H,8-11H2,1-4H3. The molecular formula is C17H24ClNO3. The number of nitrogens with zero attached hydrogens (tertiary/aromatic N) is 1. The molecule has 5 heteroatoms. The first-order valence-corrected chi connectivity index (χ1v) is 7.93. The van der Waals surface area contributed by atoms with Crippen LogP contribution in [0.5, 0.6) is 0 Å². The van der Waals surface area contributed by atoms with Crippen LogP contribution in [0.15, 0.2) is 24.3 Å². The second kappa shape index (κ2) is 6.47. The van der Waals surface area contributed by atoms with Crippen molar-refractivity contribution in [1.82, 2.24) is 4.90 Å². The van der Waals surface area contributed by atoms with Crippen LogP contribution < -0.4 is 0 Å². The summed E-state index contributed by atoms with van der Waals surface area (Å²) < 4.78 is 11.2. The molecule has 1 fully saturated rings. The first kappa shape index (κ1) is 17.1. The quantitative estimate of drug-likeness (QED) is 0.817. The van der Waals surface area contributed by atoms with Crippen LogP contribution in [0.25, 0.3) is 0 Å². The summed E-state index contributed by atoms with van der Waals surface area (Å²) in [6.07, 6.45) is 1.19. The molecule has 0 radical (unpaired) electrons. The molecule has 0 N–H and O–H groups in total. The van der Waals surface area contributed by atoms with Crippen LogP contribution in [0.4, 0.5) is 4.79 Å². The van der Waals surface area contributed by atoms with E-state index >= 15 is 0 Å². The van der Waals surface area contributed by atoms with Gasteiger partial charge in [-0.05, 0) is 51.3 Å². The number of rotatable bonds is 2. The van der Waals surface area contributed by atoms with E-state index in [-0.39, 0.29) is 11.7 Å². The molecule has 1 aliphatic rings. The van der Waals surface area contributed by atoms with Gasteiger partial charge in [-0.15, -0.1) is 0 Å². The molecule has 22 heavy (non-hydrogen) atoms. The van der Waals surface area contributed by atoms with E-state index in [1.54, 1.807) is 12.0 Å². The molecule has 0 bridgehead atoms. The van der Waals surface area contributed by atoms with Gasteiger partial charge in [-0.2, -0.15) is 0 Å². The number of carbonyl (C=O) groups is 1. The number of halogens is 1. The zero-order chi connectivity index (χ0) is 16.4. The number of likely N-dealkylation sites (tertiary alicyclic amines) is 1. The molecule has 0 aliphatic carbocycles. The van der Waals surface area contributed by atoms with E-state index in [9.17, 15) is 4.79 Å². The van der Waals surface area contributed by atoms with Gasteiger partial charge in [-0.25, -0.2) is 4.79 Å². The Balaban J connectivity index is 2.07. The maximum absolute atomic E-state index is 12.1. The van der Waals surface area contributed by atoms with Crippen LogP contribution in [0.1, 0.15) is 39.2 Å². The lowest BCUT2D eigenvalue weighted by molar-refractivity contribution is -0.0650. The van der Waals surface area contributed by atoms with Gasteiger partial charge in [0.05, 0.1) is 5.60 Å². The third-order valence-electron chi connectivity index (χ3n) is 3.96. The first-order valence-electron chi connectivity index (χ1n) is 7.55. The lowest BCUT2D eigenvalue weighted by atomic mass is 9.84. The highest BCUT2D eigenvalue weighted by molar-refractivity contribution is 6.30. The van der Waals surface area contributed by atoms with Crippen molar-refractivity contribution in [1.29, 1.82) is 0 Å². The van der Waals surface area contributed by atoms with Gasteiger partial charge in [-0.3, -0.25) is 0 Å². The average molecular weight is 326 g/mol. The van der Waals surface area contributed by atoms with Crippen molar-refractivity contribution in [3.05, 3.63) is 34.9 Å². The van der Waals surface area contributed by atoms with Gasteiger partial charge in [0.2, 0.25) is 0 Å². The van der Waals surface area contributed by atoms with Crippen molar-refractivity contribution >= 4 is 17.7 Å². The van der Waals surface area contributed by atoms with Gasteiger partial charge >= 0.3 is 6.09 Å². The second-order valence-electron chi connectivity index (χ2n) is 6.68. The maximum Gasteiger partial charge on any atom is 0.410 e. The minimum absolute atomic E-state index is 0.261.